The van der Waals surface area contributed by atoms with E-state index < -0.39 is 0 Å². The quantitative estimate of drug-likeness (QED) is 0.517. The van der Waals surface area contributed by atoms with Crippen molar-refractivity contribution < 1.29 is 14.0 Å². The Morgan fingerprint density at radius 1 is 1.04 bits per heavy atom. The number of rotatable bonds is 5. The standard InChI is InChI=1S/C17H14N4O3S/c1-20-14(13-7-4-9-24-13)18-19-17(20)25-10-8-21-15(22)11-5-2-3-6-12(11)16(21)23/h2-7,9H,8,10H2,1H3. The third-order valence-electron chi connectivity index (χ3n) is 4.00. The van der Waals surface area contributed by atoms with Crippen molar-refractivity contribution in [1.29, 1.82) is 0 Å². The maximum atomic E-state index is 12.3. The van der Waals surface area contributed by atoms with Crippen LogP contribution in [0.2, 0.25) is 0 Å². The lowest BCUT2D eigenvalue weighted by Gasteiger charge is -2.12. The molecule has 25 heavy (non-hydrogen) atoms. The second kappa shape index (κ2) is 6.21. The van der Waals surface area contributed by atoms with E-state index in [-0.39, 0.29) is 11.8 Å². The Labute approximate surface area is 147 Å². The summed E-state index contributed by atoms with van der Waals surface area (Å²) in [5, 5.41) is 8.96. The Bertz CT molecular complexity index is 914. The van der Waals surface area contributed by atoms with E-state index >= 15 is 0 Å². The van der Waals surface area contributed by atoms with Gasteiger partial charge in [-0.25, -0.2) is 0 Å². The van der Waals surface area contributed by atoms with E-state index in [0.717, 1.165) is 0 Å². The van der Waals surface area contributed by atoms with Gasteiger partial charge in [0.1, 0.15) is 0 Å². The first kappa shape index (κ1) is 15.6. The summed E-state index contributed by atoms with van der Waals surface area (Å²) in [7, 11) is 1.85. The number of fused-ring (bicyclic) bond motifs is 1. The summed E-state index contributed by atoms with van der Waals surface area (Å²) in [6.45, 7) is 0.319. The van der Waals surface area contributed by atoms with Crippen molar-refractivity contribution in [3.8, 4) is 11.6 Å². The Hall–Kier alpha value is -2.87. The Kier molecular flexibility index (Phi) is 3.89. The summed E-state index contributed by atoms with van der Waals surface area (Å²) in [5.74, 6) is 1.33. The smallest absolute Gasteiger partial charge is 0.261 e. The summed E-state index contributed by atoms with van der Waals surface area (Å²) in [6.07, 6.45) is 1.58. The number of imide groups is 1. The molecular weight excluding hydrogens is 340 g/mol. The first-order valence-electron chi connectivity index (χ1n) is 7.68. The number of nitrogens with zero attached hydrogens (tertiary/aromatic N) is 4. The number of thioether (sulfide) groups is 1. The summed E-state index contributed by atoms with van der Waals surface area (Å²) in [4.78, 5) is 25.9. The van der Waals surface area contributed by atoms with Crippen LogP contribution in [0, 0.1) is 0 Å². The molecule has 0 unspecified atom stereocenters. The van der Waals surface area contributed by atoms with Gasteiger partial charge in [0.25, 0.3) is 11.8 Å². The molecule has 4 rings (SSSR count). The van der Waals surface area contributed by atoms with Crippen LogP contribution in [0.4, 0.5) is 0 Å². The molecule has 8 heteroatoms. The summed E-state index contributed by atoms with van der Waals surface area (Å²) in [6, 6.07) is 10.5. The molecule has 0 radical (unpaired) electrons. The highest BCUT2D eigenvalue weighted by molar-refractivity contribution is 7.99. The monoisotopic (exact) mass is 354 g/mol. The number of carbonyl (C=O) groups is 2. The lowest BCUT2D eigenvalue weighted by atomic mass is 10.1. The van der Waals surface area contributed by atoms with Crippen molar-refractivity contribution in [3.05, 3.63) is 53.8 Å². The fraction of sp³-hybridized carbons (Fsp3) is 0.176. The molecule has 0 saturated carbocycles. The molecule has 0 saturated heterocycles. The van der Waals surface area contributed by atoms with Gasteiger partial charge in [-0.1, -0.05) is 23.9 Å². The van der Waals surface area contributed by atoms with Gasteiger partial charge in [-0.2, -0.15) is 0 Å². The number of furan rings is 1. The highest BCUT2D eigenvalue weighted by Crippen LogP contribution is 2.25. The topological polar surface area (TPSA) is 81.2 Å². The predicted octanol–water partition coefficient (Wildman–Crippen LogP) is 2.46. The molecule has 2 amide bonds. The molecule has 2 aromatic heterocycles. The van der Waals surface area contributed by atoms with Gasteiger partial charge in [-0.3, -0.25) is 14.5 Å². The zero-order valence-corrected chi connectivity index (χ0v) is 14.2. The number of benzene rings is 1. The van der Waals surface area contributed by atoms with E-state index in [1.807, 2.05) is 17.7 Å². The van der Waals surface area contributed by atoms with Crippen molar-refractivity contribution in [2.45, 2.75) is 5.16 Å². The van der Waals surface area contributed by atoms with Crippen molar-refractivity contribution in [3.63, 3.8) is 0 Å². The number of hydrogen-bond acceptors (Lipinski definition) is 6. The molecule has 0 N–H and O–H groups in total. The van der Waals surface area contributed by atoms with E-state index in [2.05, 4.69) is 10.2 Å². The molecule has 3 aromatic rings. The molecule has 0 atom stereocenters. The van der Waals surface area contributed by atoms with E-state index in [4.69, 9.17) is 4.42 Å². The van der Waals surface area contributed by atoms with E-state index in [1.165, 1.54) is 16.7 Å². The van der Waals surface area contributed by atoms with Gasteiger partial charge < -0.3 is 8.98 Å². The summed E-state index contributed by atoms with van der Waals surface area (Å²) < 4.78 is 7.16. The minimum atomic E-state index is -0.240. The van der Waals surface area contributed by atoms with Crippen LogP contribution in [0.3, 0.4) is 0 Å². The predicted molar refractivity (Wildman–Crippen MR) is 91.2 cm³/mol. The molecule has 7 nitrogen and oxygen atoms in total. The zero-order valence-electron chi connectivity index (χ0n) is 13.4. The maximum absolute atomic E-state index is 12.3. The van der Waals surface area contributed by atoms with Crippen molar-refractivity contribution in [2.75, 3.05) is 12.3 Å². The third-order valence-corrected chi connectivity index (χ3v) is 5.00. The lowest BCUT2D eigenvalue weighted by molar-refractivity contribution is 0.0664. The van der Waals surface area contributed by atoms with E-state index in [1.54, 1.807) is 36.6 Å². The van der Waals surface area contributed by atoms with Crippen LogP contribution in [0.1, 0.15) is 20.7 Å². The van der Waals surface area contributed by atoms with Crippen LogP contribution in [0.25, 0.3) is 11.6 Å². The number of aromatic nitrogens is 3. The van der Waals surface area contributed by atoms with Crippen LogP contribution >= 0.6 is 11.8 Å². The van der Waals surface area contributed by atoms with Crippen LogP contribution in [-0.2, 0) is 7.05 Å². The van der Waals surface area contributed by atoms with Crippen molar-refractivity contribution in [2.24, 2.45) is 7.05 Å². The third kappa shape index (κ3) is 2.64. The van der Waals surface area contributed by atoms with Gasteiger partial charge in [0, 0.05) is 19.3 Å². The highest BCUT2D eigenvalue weighted by atomic mass is 32.2. The Balaban J connectivity index is 1.43. The van der Waals surface area contributed by atoms with Gasteiger partial charge in [0.2, 0.25) is 0 Å². The first-order valence-corrected chi connectivity index (χ1v) is 8.66. The SMILES string of the molecule is Cn1c(SCCN2C(=O)c3ccccc3C2=O)nnc1-c1ccco1. The molecule has 1 aliphatic heterocycles. The molecule has 1 aliphatic rings. The lowest BCUT2D eigenvalue weighted by Crippen LogP contribution is -2.31. The molecule has 3 heterocycles. The molecule has 0 fully saturated rings. The summed E-state index contributed by atoms with van der Waals surface area (Å²) >= 11 is 1.44. The molecular formula is C17H14N4O3S. The highest BCUT2D eigenvalue weighted by Gasteiger charge is 2.34. The average Bonchev–Trinajstić information content (AvgIpc) is 3.32. The average molecular weight is 354 g/mol. The zero-order chi connectivity index (χ0) is 17.4. The Morgan fingerprint density at radius 3 is 2.40 bits per heavy atom. The molecule has 0 spiro atoms. The summed E-state index contributed by atoms with van der Waals surface area (Å²) in [5.41, 5.74) is 0.938. The van der Waals surface area contributed by atoms with E-state index in [0.29, 0.717) is 40.2 Å². The van der Waals surface area contributed by atoms with Gasteiger partial charge in [-0.05, 0) is 24.3 Å². The van der Waals surface area contributed by atoms with Gasteiger partial charge >= 0.3 is 0 Å². The van der Waals surface area contributed by atoms with Crippen LogP contribution in [-0.4, -0.2) is 43.8 Å². The molecule has 0 bridgehead atoms. The first-order chi connectivity index (χ1) is 12.2. The van der Waals surface area contributed by atoms with Gasteiger partial charge in [0.05, 0.1) is 17.4 Å². The normalized spacial score (nSPS) is 13.6. The second-order valence-corrected chi connectivity index (χ2v) is 6.56. The van der Waals surface area contributed by atoms with Crippen LogP contribution < -0.4 is 0 Å². The van der Waals surface area contributed by atoms with Crippen LogP contribution in [0.5, 0.6) is 0 Å². The number of carbonyl (C=O) groups excluding carboxylic acids is 2. The minimum Gasteiger partial charge on any atom is -0.461 e. The molecule has 1 aromatic carbocycles. The second-order valence-electron chi connectivity index (χ2n) is 5.50. The maximum Gasteiger partial charge on any atom is 0.261 e. The Morgan fingerprint density at radius 2 is 1.76 bits per heavy atom. The molecule has 126 valence electrons. The fourth-order valence-electron chi connectivity index (χ4n) is 2.73. The van der Waals surface area contributed by atoms with Crippen molar-refractivity contribution >= 4 is 23.6 Å². The largest absolute Gasteiger partial charge is 0.461 e. The number of hydrogen-bond donors (Lipinski definition) is 0. The van der Waals surface area contributed by atoms with Crippen LogP contribution in [0.15, 0.2) is 52.2 Å². The van der Waals surface area contributed by atoms with Gasteiger partial charge in [-0.15, -0.1) is 10.2 Å². The molecule has 0 aliphatic carbocycles. The number of amides is 2. The van der Waals surface area contributed by atoms with E-state index in [9.17, 15) is 9.59 Å². The minimum absolute atomic E-state index is 0.240. The van der Waals surface area contributed by atoms with Gasteiger partial charge in [0.15, 0.2) is 16.7 Å². The van der Waals surface area contributed by atoms with Crippen molar-refractivity contribution in [1.82, 2.24) is 19.7 Å². The fourth-order valence-corrected chi connectivity index (χ4v) is 3.57.